The lowest BCUT2D eigenvalue weighted by Crippen LogP contribution is -2.47. The van der Waals surface area contributed by atoms with Crippen molar-refractivity contribution in [1.29, 1.82) is 0 Å². The molecule has 4 rings (SSSR count). The summed E-state index contributed by atoms with van der Waals surface area (Å²) in [5, 5.41) is 4.44. The number of benzene rings is 1. The maximum Gasteiger partial charge on any atom is 0.140 e. The van der Waals surface area contributed by atoms with E-state index in [0.717, 1.165) is 37.5 Å². The third-order valence-electron chi connectivity index (χ3n) is 4.82. The van der Waals surface area contributed by atoms with Crippen LogP contribution in [0.1, 0.15) is 23.5 Å². The van der Waals surface area contributed by atoms with E-state index < -0.39 is 0 Å². The van der Waals surface area contributed by atoms with Crippen LogP contribution in [-0.4, -0.2) is 46.0 Å². The summed E-state index contributed by atoms with van der Waals surface area (Å²) in [5.74, 6) is 1.07. The topological polar surface area (TPSA) is 45.2 Å². The van der Waals surface area contributed by atoms with Crippen molar-refractivity contribution in [3.05, 3.63) is 46.7 Å². The highest BCUT2D eigenvalue weighted by atomic mass is 32.1. The molecular formula is C18H21N5S. The number of hydrogen-bond acceptors (Lipinski definition) is 6. The lowest BCUT2D eigenvalue weighted by Gasteiger charge is -2.38. The number of thiazole rings is 1. The Morgan fingerprint density at radius 1 is 1.08 bits per heavy atom. The number of nitrogens with zero attached hydrogens (tertiary/aromatic N) is 5. The van der Waals surface area contributed by atoms with Crippen molar-refractivity contribution in [2.75, 3.05) is 31.1 Å². The van der Waals surface area contributed by atoms with Crippen LogP contribution in [0.15, 0.2) is 36.1 Å². The van der Waals surface area contributed by atoms with Crippen LogP contribution in [0.4, 0.5) is 5.82 Å². The van der Waals surface area contributed by atoms with Gasteiger partial charge in [0.1, 0.15) is 17.2 Å². The molecule has 6 heteroatoms. The van der Waals surface area contributed by atoms with Gasteiger partial charge in [0, 0.05) is 43.1 Å². The molecule has 0 amide bonds. The first-order valence-corrected chi connectivity index (χ1v) is 9.20. The lowest BCUT2D eigenvalue weighted by atomic mass is 10.1. The van der Waals surface area contributed by atoms with Gasteiger partial charge in [-0.15, -0.1) is 11.3 Å². The third kappa shape index (κ3) is 2.76. The van der Waals surface area contributed by atoms with Gasteiger partial charge in [0.05, 0.1) is 11.6 Å². The standard InChI is InChI=1S/C18H21N5S/c1-13-4-3-5-15-16(13)17(21-12-20-15)23-9-7-22(8-10-23)14(2)18-19-6-11-24-18/h3-6,11-12,14H,7-10H2,1-2H3. The van der Waals surface area contributed by atoms with Crippen molar-refractivity contribution in [1.82, 2.24) is 19.9 Å². The van der Waals surface area contributed by atoms with E-state index in [0.29, 0.717) is 6.04 Å². The van der Waals surface area contributed by atoms with E-state index >= 15 is 0 Å². The summed E-state index contributed by atoms with van der Waals surface area (Å²) in [5.41, 5.74) is 2.26. The molecule has 0 aliphatic carbocycles. The Kier molecular flexibility index (Phi) is 4.16. The summed E-state index contributed by atoms with van der Waals surface area (Å²) in [4.78, 5) is 18.4. The zero-order valence-electron chi connectivity index (χ0n) is 14.0. The van der Waals surface area contributed by atoms with E-state index in [1.165, 1.54) is 16.0 Å². The minimum atomic E-state index is 0.385. The Balaban J connectivity index is 1.54. The molecule has 3 heterocycles. The Morgan fingerprint density at radius 2 is 1.92 bits per heavy atom. The average Bonchev–Trinajstić information content (AvgIpc) is 3.16. The number of rotatable bonds is 3. The third-order valence-corrected chi connectivity index (χ3v) is 5.77. The van der Waals surface area contributed by atoms with Gasteiger partial charge in [0.15, 0.2) is 0 Å². The highest BCUT2D eigenvalue weighted by molar-refractivity contribution is 7.09. The second-order valence-corrected chi connectivity index (χ2v) is 7.16. The molecule has 0 bridgehead atoms. The van der Waals surface area contributed by atoms with Gasteiger partial charge in [-0.25, -0.2) is 15.0 Å². The first kappa shape index (κ1) is 15.5. The normalized spacial score (nSPS) is 17.3. The van der Waals surface area contributed by atoms with E-state index in [1.807, 2.05) is 6.20 Å². The van der Waals surface area contributed by atoms with Crippen LogP contribution < -0.4 is 4.90 Å². The quantitative estimate of drug-likeness (QED) is 0.733. The Hall–Kier alpha value is -2.05. The number of anilines is 1. The SMILES string of the molecule is Cc1cccc2ncnc(N3CCN(C(C)c4nccs4)CC3)c12. The van der Waals surface area contributed by atoms with Gasteiger partial charge in [-0.05, 0) is 25.5 Å². The van der Waals surface area contributed by atoms with Crippen molar-refractivity contribution in [2.24, 2.45) is 0 Å². The second-order valence-electron chi connectivity index (χ2n) is 6.24. The molecule has 1 fully saturated rings. The molecule has 1 aromatic carbocycles. The van der Waals surface area contributed by atoms with Crippen molar-refractivity contribution in [2.45, 2.75) is 19.9 Å². The molecule has 1 aliphatic heterocycles. The molecule has 0 N–H and O–H groups in total. The smallest absolute Gasteiger partial charge is 0.140 e. The maximum atomic E-state index is 4.60. The first-order valence-electron chi connectivity index (χ1n) is 8.33. The number of aryl methyl sites for hydroxylation is 1. The lowest BCUT2D eigenvalue weighted by molar-refractivity contribution is 0.198. The van der Waals surface area contributed by atoms with Crippen LogP contribution in [-0.2, 0) is 0 Å². The number of fused-ring (bicyclic) bond motifs is 1. The summed E-state index contributed by atoms with van der Waals surface area (Å²) in [6, 6.07) is 6.64. The number of hydrogen-bond donors (Lipinski definition) is 0. The highest BCUT2D eigenvalue weighted by Crippen LogP contribution is 2.29. The van der Waals surface area contributed by atoms with E-state index in [2.05, 4.69) is 62.2 Å². The molecular weight excluding hydrogens is 318 g/mol. The fourth-order valence-electron chi connectivity index (χ4n) is 3.42. The van der Waals surface area contributed by atoms with Gasteiger partial charge in [0.2, 0.25) is 0 Å². The molecule has 2 aromatic heterocycles. The van der Waals surface area contributed by atoms with Gasteiger partial charge in [-0.1, -0.05) is 12.1 Å². The summed E-state index contributed by atoms with van der Waals surface area (Å²) < 4.78 is 0. The highest BCUT2D eigenvalue weighted by Gasteiger charge is 2.25. The minimum absolute atomic E-state index is 0.385. The van der Waals surface area contributed by atoms with Crippen LogP contribution in [0.25, 0.3) is 10.9 Å². The number of piperazine rings is 1. The molecule has 1 saturated heterocycles. The Morgan fingerprint density at radius 3 is 2.67 bits per heavy atom. The van der Waals surface area contributed by atoms with Crippen LogP contribution in [0.3, 0.4) is 0 Å². The first-order chi connectivity index (χ1) is 11.7. The van der Waals surface area contributed by atoms with Gasteiger partial charge < -0.3 is 4.90 Å². The van der Waals surface area contributed by atoms with E-state index in [4.69, 9.17) is 0 Å². The minimum Gasteiger partial charge on any atom is -0.353 e. The zero-order valence-corrected chi connectivity index (χ0v) is 14.8. The molecule has 1 aliphatic rings. The monoisotopic (exact) mass is 339 g/mol. The molecule has 5 nitrogen and oxygen atoms in total. The average molecular weight is 339 g/mol. The molecule has 124 valence electrons. The van der Waals surface area contributed by atoms with Crippen LogP contribution in [0, 0.1) is 6.92 Å². The van der Waals surface area contributed by atoms with Crippen LogP contribution >= 0.6 is 11.3 Å². The summed E-state index contributed by atoms with van der Waals surface area (Å²) >= 11 is 1.74. The second kappa shape index (κ2) is 6.45. The van der Waals surface area contributed by atoms with E-state index in [1.54, 1.807) is 17.7 Å². The van der Waals surface area contributed by atoms with Gasteiger partial charge in [-0.3, -0.25) is 4.90 Å². The predicted octanol–water partition coefficient (Wildman–Crippen LogP) is 3.28. The van der Waals surface area contributed by atoms with Gasteiger partial charge in [0.25, 0.3) is 0 Å². The zero-order chi connectivity index (χ0) is 16.5. The summed E-state index contributed by atoms with van der Waals surface area (Å²) in [7, 11) is 0. The fraction of sp³-hybridized carbons (Fsp3) is 0.389. The molecule has 0 saturated carbocycles. The largest absolute Gasteiger partial charge is 0.353 e. The Bertz CT molecular complexity index is 819. The predicted molar refractivity (Wildman–Crippen MR) is 98.6 cm³/mol. The molecule has 1 unspecified atom stereocenters. The van der Waals surface area contributed by atoms with E-state index in [9.17, 15) is 0 Å². The molecule has 0 radical (unpaired) electrons. The summed E-state index contributed by atoms with van der Waals surface area (Å²) in [6.45, 7) is 8.40. The van der Waals surface area contributed by atoms with Crippen LogP contribution in [0.5, 0.6) is 0 Å². The van der Waals surface area contributed by atoms with Crippen molar-refractivity contribution in [3.63, 3.8) is 0 Å². The molecule has 0 spiro atoms. The van der Waals surface area contributed by atoms with Gasteiger partial charge >= 0.3 is 0 Å². The summed E-state index contributed by atoms with van der Waals surface area (Å²) in [6.07, 6.45) is 3.57. The van der Waals surface area contributed by atoms with Gasteiger partial charge in [-0.2, -0.15) is 0 Å². The van der Waals surface area contributed by atoms with Crippen molar-refractivity contribution < 1.29 is 0 Å². The van der Waals surface area contributed by atoms with Crippen molar-refractivity contribution in [3.8, 4) is 0 Å². The maximum absolute atomic E-state index is 4.60. The Labute approximate surface area is 146 Å². The fourth-order valence-corrected chi connectivity index (χ4v) is 4.15. The molecule has 3 aromatic rings. The van der Waals surface area contributed by atoms with Crippen molar-refractivity contribution >= 4 is 28.1 Å². The van der Waals surface area contributed by atoms with Crippen LogP contribution in [0.2, 0.25) is 0 Å². The van der Waals surface area contributed by atoms with E-state index in [-0.39, 0.29) is 0 Å². The molecule has 24 heavy (non-hydrogen) atoms. The number of aromatic nitrogens is 3. The molecule has 1 atom stereocenters.